The number of sulfonamides is 1. The van der Waals surface area contributed by atoms with Gasteiger partial charge >= 0.3 is 0 Å². The molecule has 0 spiro atoms. The number of pyridine rings is 1. The van der Waals surface area contributed by atoms with Gasteiger partial charge in [-0.25, -0.2) is 13.1 Å². The van der Waals surface area contributed by atoms with Crippen LogP contribution in [0.15, 0.2) is 77.8 Å². The van der Waals surface area contributed by atoms with Crippen LogP contribution >= 0.6 is 0 Å². The minimum Gasteiger partial charge on any atom is -0.329 e. The minimum absolute atomic E-state index is 0.0702. The lowest BCUT2D eigenvalue weighted by Gasteiger charge is -2.29. The van der Waals surface area contributed by atoms with Crippen LogP contribution in [0.1, 0.15) is 40.1 Å². The lowest BCUT2D eigenvalue weighted by atomic mass is 10.00. The van der Waals surface area contributed by atoms with E-state index in [0.29, 0.717) is 11.1 Å². The Kier molecular flexibility index (Phi) is 6.64. The molecule has 0 aliphatic rings. The predicted molar refractivity (Wildman–Crippen MR) is 117 cm³/mol. The molecule has 156 valence electrons. The summed E-state index contributed by atoms with van der Waals surface area (Å²) in [7, 11) is -1.96. The zero-order valence-corrected chi connectivity index (χ0v) is 18.1. The Morgan fingerprint density at radius 2 is 1.77 bits per heavy atom. The van der Waals surface area contributed by atoms with Gasteiger partial charge in [0.2, 0.25) is 10.0 Å². The van der Waals surface area contributed by atoms with Gasteiger partial charge in [-0.3, -0.25) is 9.78 Å². The lowest BCUT2D eigenvalue weighted by molar-refractivity contribution is 0.0751. The summed E-state index contributed by atoms with van der Waals surface area (Å²) in [5, 5.41) is 0. The molecule has 0 saturated heterocycles. The van der Waals surface area contributed by atoms with Gasteiger partial charge in [-0.05, 0) is 42.3 Å². The van der Waals surface area contributed by atoms with E-state index in [1.165, 1.54) is 12.1 Å². The molecule has 1 atom stereocenters. The third kappa shape index (κ3) is 4.58. The van der Waals surface area contributed by atoms with Gasteiger partial charge in [0.15, 0.2) is 0 Å². The molecule has 30 heavy (non-hydrogen) atoms. The minimum atomic E-state index is -3.67. The number of carbonyl (C=O) groups is 1. The number of nitrogens with one attached hydrogen (secondary N) is 1. The fourth-order valence-electron chi connectivity index (χ4n) is 3.35. The van der Waals surface area contributed by atoms with Crippen LogP contribution in [0, 0.1) is 6.92 Å². The molecule has 0 aliphatic heterocycles. The van der Waals surface area contributed by atoms with Crippen LogP contribution in [0.25, 0.3) is 0 Å². The van der Waals surface area contributed by atoms with Crippen molar-refractivity contribution in [2.24, 2.45) is 0 Å². The fraction of sp³-hybridized carbons (Fsp3) is 0.217. The summed E-state index contributed by atoms with van der Waals surface area (Å²) in [5.41, 5.74) is 2.69. The van der Waals surface area contributed by atoms with E-state index in [0.717, 1.165) is 11.3 Å². The van der Waals surface area contributed by atoms with Crippen LogP contribution < -0.4 is 4.72 Å². The fourth-order valence-corrected chi connectivity index (χ4v) is 4.41. The van der Waals surface area contributed by atoms with Crippen molar-refractivity contribution in [2.45, 2.75) is 24.8 Å². The normalized spacial score (nSPS) is 12.4. The van der Waals surface area contributed by atoms with Crippen molar-refractivity contribution in [3.8, 4) is 0 Å². The Labute approximate surface area is 177 Å². The molecular weight excluding hydrogens is 398 g/mol. The van der Waals surface area contributed by atoms with Crippen LogP contribution in [0.3, 0.4) is 0 Å². The third-order valence-electron chi connectivity index (χ3n) is 4.87. The van der Waals surface area contributed by atoms with Crippen molar-refractivity contribution in [2.75, 3.05) is 13.6 Å². The number of hydrogen-bond donors (Lipinski definition) is 1. The monoisotopic (exact) mass is 423 g/mol. The van der Waals surface area contributed by atoms with E-state index in [1.54, 1.807) is 38.1 Å². The summed E-state index contributed by atoms with van der Waals surface area (Å²) in [6.07, 6.45) is 1.69. The molecule has 2 aromatic carbocycles. The van der Waals surface area contributed by atoms with Crippen molar-refractivity contribution >= 4 is 15.9 Å². The van der Waals surface area contributed by atoms with Crippen molar-refractivity contribution in [3.05, 3.63) is 95.3 Å². The maximum absolute atomic E-state index is 13.5. The molecule has 0 radical (unpaired) electrons. The second kappa shape index (κ2) is 9.19. The van der Waals surface area contributed by atoms with E-state index in [9.17, 15) is 13.2 Å². The highest BCUT2D eigenvalue weighted by Crippen LogP contribution is 2.28. The molecule has 6 nitrogen and oxygen atoms in total. The topological polar surface area (TPSA) is 79.4 Å². The first kappa shape index (κ1) is 21.7. The molecule has 1 aromatic heterocycles. The zero-order valence-electron chi connectivity index (χ0n) is 17.2. The van der Waals surface area contributed by atoms with Crippen LogP contribution in [-0.2, 0) is 10.0 Å². The summed E-state index contributed by atoms with van der Waals surface area (Å²) in [5.74, 6) is -0.277. The summed E-state index contributed by atoms with van der Waals surface area (Å²) in [6, 6.07) is 19.4. The maximum Gasteiger partial charge on any atom is 0.254 e. The second-order valence-corrected chi connectivity index (χ2v) is 8.73. The highest BCUT2D eigenvalue weighted by Gasteiger charge is 2.27. The Bertz CT molecular complexity index is 1080. The third-order valence-corrected chi connectivity index (χ3v) is 6.42. The van der Waals surface area contributed by atoms with Gasteiger partial charge < -0.3 is 4.90 Å². The number of hydrogen-bond acceptors (Lipinski definition) is 4. The molecule has 3 aromatic rings. The van der Waals surface area contributed by atoms with Crippen LogP contribution in [0.4, 0.5) is 0 Å². The molecule has 7 heteroatoms. The van der Waals surface area contributed by atoms with Crippen LogP contribution in [0.5, 0.6) is 0 Å². The lowest BCUT2D eigenvalue weighted by Crippen LogP contribution is -2.33. The van der Waals surface area contributed by atoms with Gasteiger partial charge in [-0.1, -0.05) is 49.4 Å². The number of rotatable bonds is 7. The van der Waals surface area contributed by atoms with E-state index >= 15 is 0 Å². The number of aryl methyl sites for hydroxylation is 1. The van der Waals surface area contributed by atoms with E-state index in [4.69, 9.17) is 0 Å². The van der Waals surface area contributed by atoms with Gasteiger partial charge in [0.25, 0.3) is 5.91 Å². The highest BCUT2D eigenvalue weighted by atomic mass is 32.2. The van der Waals surface area contributed by atoms with Crippen molar-refractivity contribution < 1.29 is 13.2 Å². The molecule has 1 unspecified atom stereocenters. The number of amides is 1. The van der Waals surface area contributed by atoms with Gasteiger partial charge in [0, 0.05) is 25.4 Å². The number of nitrogens with zero attached hydrogens (tertiary/aromatic N) is 2. The Hall–Kier alpha value is -3.03. The van der Waals surface area contributed by atoms with Gasteiger partial charge in [-0.15, -0.1) is 0 Å². The number of benzene rings is 2. The van der Waals surface area contributed by atoms with Crippen molar-refractivity contribution in [3.63, 3.8) is 0 Å². The first-order valence-electron chi connectivity index (χ1n) is 9.68. The summed E-state index contributed by atoms with van der Waals surface area (Å²) < 4.78 is 27.3. The number of aromatic nitrogens is 1. The standard InChI is InChI=1S/C23H25N3O3S/c1-4-25-30(28,29)19-14-13-17(2)20(16-19)23(27)26(3)22(18-10-6-5-7-11-18)21-12-8-9-15-24-21/h5-16,22,25H,4H2,1-3H3. The molecule has 1 heterocycles. The molecule has 1 amide bonds. The molecule has 0 fully saturated rings. The largest absolute Gasteiger partial charge is 0.329 e. The molecule has 3 rings (SSSR count). The quantitative estimate of drug-likeness (QED) is 0.630. The second-order valence-electron chi connectivity index (χ2n) is 6.96. The van der Waals surface area contributed by atoms with Gasteiger partial charge in [-0.2, -0.15) is 0 Å². The summed E-state index contributed by atoms with van der Waals surface area (Å²) in [4.78, 5) is 19.6. The summed E-state index contributed by atoms with van der Waals surface area (Å²) >= 11 is 0. The van der Waals surface area contributed by atoms with Crippen LogP contribution in [0.2, 0.25) is 0 Å². The average Bonchev–Trinajstić information content (AvgIpc) is 2.75. The van der Waals surface area contributed by atoms with E-state index in [1.807, 2.05) is 48.5 Å². The predicted octanol–water partition coefficient (Wildman–Crippen LogP) is 3.55. The van der Waals surface area contributed by atoms with Crippen molar-refractivity contribution in [1.29, 1.82) is 0 Å². The maximum atomic E-state index is 13.5. The van der Waals surface area contributed by atoms with Crippen LogP contribution in [-0.4, -0.2) is 37.8 Å². The zero-order chi connectivity index (χ0) is 21.7. The van der Waals surface area contributed by atoms with Gasteiger partial charge in [0.05, 0.1) is 16.6 Å². The van der Waals surface area contributed by atoms with Gasteiger partial charge in [0.1, 0.15) is 0 Å². The van der Waals surface area contributed by atoms with Crippen molar-refractivity contribution in [1.82, 2.24) is 14.6 Å². The SMILES string of the molecule is CCNS(=O)(=O)c1ccc(C)c(C(=O)N(C)C(c2ccccc2)c2ccccn2)c1. The number of carbonyl (C=O) groups excluding carboxylic acids is 1. The molecule has 1 N–H and O–H groups in total. The molecule has 0 bridgehead atoms. The smallest absolute Gasteiger partial charge is 0.254 e. The molecule has 0 saturated carbocycles. The summed E-state index contributed by atoms with van der Waals surface area (Å²) in [6.45, 7) is 3.78. The average molecular weight is 424 g/mol. The first-order valence-corrected chi connectivity index (χ1v) is 11.2. The highest BCUT2D eigenvalue weighted by molar-refractivity contribution is 7.89. The first-order chi connectivity index (χ1) is 14.3. The van der Waals surface area contributed by atoms with E-state index in [-0.39, 0.29) is 17.3 Å². The molecule has 0 aliphatic carbocycles. The Balaban J connectivity index is 2.04. The van der Waals surface area contributed by atoms with E-state index < -0.39 is 16.1 Å². The Morgan fingerprint density at radius 1 is 1.07 bits per heavy atom. The molecular formula is C23H25N3O3S. The Morgan fingerprint density at radius 3 is 2.40 bits per heavy atom. The van der Waals surface area contributed by atoms with E-state index in [2.05, 4.69) is 9.71 Å².